The van der Waals surface area contributed by atoms with Crippen LogP contribution in [0, 0.1) is 3.57 Å². The second-order valence-corrected chi connectivity index (χ2v) is 11.5. The molecule has 0 saturated heterocycles. The molecule has 0 aromatic heterocycles. The van der Waals surface area contributed by atoms with Crippen molar-refractivity contribution in [3.8, 4) is 22.3 Å². The summed E-state index contributed by atoms with van der Waals surface area (Å²) in [5, 5.41) is 0. The van der Waals surface area contributed by atoms with E-state index in [9.17, 15) is 0 Å². The van der Waals surface area contributed by atoms with Crippen molar-refractivity contribution in [3.05, 3.63) is 171 Å². The zero-order chi connectivity index (χ0) is 26.0. The average molecular weight is 610 g/mol. The molecule has 6 aromatic carbocycles. The van der Waals surface area contributed by atoms with E-state index in [1.165, 1.54) is 65.1 Å². The molecule has 0 unspecified atom stereocenters. The van der Waals surface area contributed by atoms with Crippen molar-refractivity contribution in [3.63, 3.8) is 0 Å². The fourth-order valence-electron chi connectivity index (χ4n) is 6.81. The Morgan fingerprint density at radius 3 is 1.74 bits per heavy atom. The van der Waals surface area contributed by atoms with Crippen LogP contribution < -0.4 is 4.90 Å². The third-order valence-corrected chi connectivity index (χ3v) is 8.99. The second-order valence-electron chi connectivity index (χ2n) is 10.3. The van der Waals surface area contributed by atoms with E-state index in [0.717, 1.165) is 0 Å². The van der Waals surface area contributed by atoms with E-state index >= 15 is 0 Å². The van der Waals surface area contributed by atoms with Crippen molar-refractivity contribution >= 4 is 39.7 Å². The first kappa shape index (κ1) is 22.8. The van der Waals surface area contributed by atoms with Crippen LogP contribution in [0.4, 0.5) is 17.1 Å². The number of benzene rings is 6. The maximum absolute atomic E-state index is 2.46. The fraction of sp³-hybridized carbons (Fsp3) is 0.0270. The second kappa shape index (κ2) is 8.69. The Balaban J connectivity index is 1.52. The highest BCUT2D eigenvalue weighted by Gasteiger charge is 2.51. The SMILES string of the molecule is Ic1cccc(-c2ccc3c(c2)N(c2ccccc2)c2ccccc2C32c3ccccc3-c3ccccc32)c1. The summed E-state index contributed by atoms with van der Waals surface area (Å²) in [4.78, 5) is 2.46. The van der Waals surface area contributed by atoms with Crippen molar-refractivity contribution in [2.75, 3.05) is 4.90 Å². The summed E-state index contributed by atoms with van der Waals surface area (Å²) in [6, 6.07) is 53.6. The highest BCUT2D eigenvalue weighted by atomic mass is 127. The molecule has 0 radical (unpaired) electrons. The van der Waals surface area contributed by atoms with Gasteiger partial charge in [-0.05, 0) is 103 Å². The largest absolute Gasteiger partial charge is 0.310 e. The summed E-state index contributed by atoms with van der Waals surface area (Å²) < 4.78 is 1.24. The Labute approximate surface area is 242 Å². The molecule has 0 fully saturated rings. The molecule has 184 valence electrons. The van der Waals surface area contributed by atoms with Gasteiger partial charge in [0, 0.05) is 9.26 Å². The maximum Gasteiger partial charge on any atom is 0.0754 e. The predicted octanol–water partition coefficient (Wildman–Crippen LogP) is 10.1. The molecule has 39 heavy (non-hydrogen) atoms. The van der Waals surface area contributed by atoms with E-state index in [4.69, 9.17) is 0 Å². The van der Waals surface area contributed by atoms with Crippen molar-refractivity contribution in [1.82, 2.24) is 0 Å². The molecule has 1 spiro atoms. The molecule has 6 aromatic rings. The maximum atomic E-state index is 2.46. The van der Waals surface area contributed by atoms with Gasteiger partial charge in [0.25, 0.3) is 0 Å². The average Bonchev–Trinajstić information content (AvgIpc) is 3.29. The van der Waals surface area contributed by atoms with E-state index in [2.05, 4.69) is 173 Å². The van der Waals surface area contributed by atoms with Gasteiger partial charge in [0.15, 0.2) is 0 Å². The lowest BCUT2D eigenvalue weighted by molar-refractivity contribution is 0.753. The van der Waals surface area contributed by atoms with Gasteiger partial charge in [0.1, 0.15) is 0 Å². The Morgan fingerprint density at radius 2 is 1.03 bits per heavy atom. The number of rotatable bonds is 2. The quantitative estimate of drug-likeness (QED) is 0.176. The molecule has 8 rings (SSSR count). The molecule has 1 aliphatic carbocycles. The minimum Gasteiger partial charge on any atom is -0.310 e. The molecule has 0 N–H and O–H groups in total. The third kappa shape index (κ3) is 3.18. The van der Waals surface area contributed by atoms with Gasteiger partial charge in [-0.2, -0.15) is 0 Å². The summed E-state index contributed by atoms with van der Waals surface area (Å²) in [5.74, 6) is 0. The van der Waals surface area contributed by atoms with Crippen molar-refractivity contribution in [1.29, 1.82) is 0 Å². The lowest BCUT2D eigenvalue weighted by atomic mass is 9.64. The number of hydrogen-bond acceptors (Lipinski definition) is 1. The van der Waals surface area contributed by atoms with Gasteiger partial charge in [-0.1, -0.05) is 109 Å². The topological polar surface area (TPSA) is 3.24 Å². The molecule has 1 heterocycles. The lowest BCUT2D eigenvalue weighted by Crippen LogP contribution is -2.36. The van der Waals surface area contributed by atoms with Gasteiger partial charge in [-0.3, -0.25) is 0 Å². The highest BCUT2D eigenvalue weighted by Crippen LogP contribution is 2.63. The lowest BCUT2D eigenvalue weighted by Gasteiger charge is -2.45. The van der Waals surface area contributed by atoms with Gasteiger partial charge >= 0.3 is 0 Å². The Morgan fingerprint density at radius 1 is 0.436 bits per heavy atom. The number of nitrogens with zero attached hydrogens (tertiary/aromatic N) is 1. The zero-order valence-corrected chi connectivity index (χ0v) is 23.3. The summed E-state index contributed by atoms with van der Waals surface area (Å²) in [5.41, 5.74) is 13.7. The number of hydrogen-bond donors (Lipinski definition) is 0. The van der Waals surface area contributed by atoms with Crippen LogP contribution in [0.3, 0.4) is 0 Å². The number of anilines is 3. The van der Waals surface area contributed by atoms with E-state index in [1.807, 2.05) is 0 Å². The van der Waals surface area contributed by atoms with Gasteiger partial charge in [0.2, 0.25) is 0 Å². The van der Waals surface area contributed by atoms with E-state index in [-0.39, 0.29) is 0 Å². The van der Waals surface area contributed by atoms with Crippen LogP contribution in [0.5, 0.6) is 0 Å². The summed E-state index contributed by atoms with van der Waals surface area (Å²) in [7, 11) is 0. The summed E-state index contributed by atoms with van der Waals surface area (Å²) in [6.45, 7) is 0. The van der Waals surface area contributed by atoms with Crippen LogP contribution in [-0.2, 0) is 5.41 Å². The summed E-state index contributed by atoms with van der Waals surface area (Å²) in [6.07, 6.45) is 0. The van der Waals surface area contributed by atoms with Crippen LogP contribution in [0.2, 0.25) is 0 Å². The minimum absolute atomic E-state index is 0.395. The van der Waals surface area contributed by atoms with Gasteiger partial charge < -0.3 is 4.90 Å². The van der Waals surface area contributed by atoms with Crippen LogP contribution in [0.25, 0.3) is 22.3 Å². The van der Waals surface area contributed by atoms with Crippen molar-refractivity contribution < 1.29 is 0 Å². The first-order chi connectivity index (χ1) is 19.3. The van der Waals surface area contributed by atoms with Crippen molar-refractivity contribution in [2.24, 2.45) is 0 Å². The van der Waals surface area contributed by atoms with Crippen LogP contribution in [0.1, 0.15) is 22.3 Å². The molecule has 2 heteroatoms. The van der Waals surface area contributed by atoms with Gasteiger partial charge in [-0.15, -0.1) is 0 Å². The molecule has 0 saturated carbocycles. The van der Waals surface area contributed by atoms with Gasteiger partial charge in [-0.25, -0.2) is 0 Å². The Kier molecular flexibility index (Phi) is 5.08. The molecule has 0 amide bonds. The van der Waals surface area contributed by atoms with Crippen LogP contribution >= 0.6 is 22.6 Å². The Bertz CT molecular complexity index is 1840. The summed E-state index contributed by atoms with van der Waals surface area (Å²) >= 11 is 2.41. The molecule has 2 aliphatic rings. The molecule has 0 bridgehead atoms. The van der Waals surface area contributed by atoms with E-state index < -0.39 is 5.41 Å². The van der Waals surface area contributed by atoms with E-state index in [1.54, 1.807) is 0 Å². The van der Waals surface area contributed by atoms with Crippen LogP contribution in [0.15, 0.2) is 146 Å². The number of para-hydroxylation sites is 2. The standard InChI is InChI=1S/C37H24IN/c38-27-12-10-11-25(23-27)26-21-22-34-36(24-26)39(28-13-2-1-3-14-28)35-20-9-8-19-33(35)37(34)31-17-6-4-15-29(31)30-16-5-7-18-32(30)37/h1-24H. The molecule has 1 aliphatic heterocycles. The molecule has 0 atom stereocenters. The highest BCUT2D eigenvalue weighted by molar-refractivity contribution is 14.1. The molecular formula is C37H24IN. The first-order valence-electron chi connectivity index (χ1n) is 13.3. The van der Waals surface area contributed by atoms with Crippen LogP contribution in [-0.4, -0.2) is 0 Å². The third-order valence-electron chi connectivity index (χ3n) is 8.32. The molecule has 1 nitrogen and oxygen atoms in total. The fourth-order valence-corrected chi connectivity index (χ4v) is 7.36. The van der Waals surface area contributed by atoms with Gasteiger partial charge in [0.05, 0.1) is 16.8 Å². The monoisotopic (exact) mass is 609 g/mol. The zero-order valence-electron chi connectivity index (χ0n) is 21.2. The number of halogens is 1. The minimum atomic E-state index is -0.395. The normalized spacial score (nSPS) is 13.9. The predicted molar refractivity (Wildman–Crippen MR) is 170 cm³/mol. The smallest absolute Gasteiger partial charge is 0.0754 e. The van der Waals surface area contributed by atoms with E-state index in [0.29, 0.717) is 0 Å². The van der Waals surface area contributed by atoms with Crippen molar-refractivity contribution in [2.45, 2.75) is 5.41 Å². The Hall–Kier alpha value is -4.15. The first-order valence-corrected chi connectivity index (χ1v) is 14.4. The number of fused-ring (bicyclic) bond motifs is 9. The molecular weight excluding hydrogens is 585 g/mol.